The van der Waals surface area contributed by atoms with Crippen molar-refractivity contribution < 1.29 is 9.18 Å². The predicted octanol–water partition coefficient (Wildman–Crippen LogP) is 2.93. The van der Waals surface area contributed by atoms with Crippen molar-refractivity contribution in [3.05, 3.63) is 54.0 Å². The molecule has 0 aliphatic carbocycles. The van der Waals surface area contributed by atoms with Gasteiger partial charge in [-0.3, -0.25) is 4.79 Å². The van der Waals surface area contributed by atoms with Gasteiger partial charge in [-0.05, 0) is 31.2 Å². The largest absolute Gasteiger partial charge is 0.370 e. The van der Waals surface area contributed by atoms with Crippen LogP contribution in [0.25, 0.3) is 0 Å². The van der Waals surface area contributed by atoms with Crippen molar-refractivity contribution in [3.63, 3.8) is 0 Å². The number of hydrogen-bond donors (Lipinski definition) is 1. The van der Waals surface area contributed by atoms with Crippen LogP contribution in [0.1, 0.15) is 17.4 Å². The molecule has 20 heavy (non-hydrogen) atoms. The highest BCUT2D eigenvalue weighted by atomic mass is 19.1. The fraction of sp³-hybridized carbons (Fsp3) is 0.200. The van der Waals surface area contributed by atoms with Crippen molar-refractivity contribution in [2.75, 3.05) is 23.8 Å². The zero-order valence-electron chi connectivity index (χ0n) is 11.4. The summed E-state index contributed by atoms with van der Waals surface area (Å²) < 4.78 is 13.7. The Morgan fingerprint density at radius 1 is 1.25 bits per heavy atom. The third-order valence-electron chi connectivity index (χ3n) is 2.84. The van der Waals surface area contributed by atoms with E-state index in [0.29, 0.717) is 12.4 Å². The summed E-state index contributed by atoms with van der Waals surface area (Å²) in [5, 5.41) is 3.04. The molecule has 0 spiro atoms. The minimum Gasteiger partial charge on any atom is -0.370 e. The molecule has 0 aliphatic rings. The minimum absolute atomic E-state index is 0.230. The van der Waals surface area contributed by atoms with E-state index in [1.807, 2.05) is 6.92 Å². The molecular weight excluding hydrogens is 257 g/mol. The summed E-state index contributed by atoms with van der Waals surface area (Å²) in [6.45, 7) is 2.66. The van der Waals surface area contributed by atoms with E-state index in [0.717, 1.165) is 0 Å². The van der Waals surface area contributed by atoms with E-state index in [1.165, 1.54) is 18.0 Å². The van der Waals surface area contributed by atoms with Crippen molar-refractivity contribution in [1.29, 1.82) is 0 Å². The first kappa shape index (κ1) is 14.0. The second-order valence-corrected chi connectivity index (χ2v) is 4.25. The number of anilines is 2. The third kappa shape index (κ3) is 2.93. The van der Waals surface area contributed by atoms with Crippen molar-refractivity contribution in [1.82, 2.24) is 4.98 Å². The minimum atomic E-state index is -0.439. The second kappa shape index (κ2) is 6.14. The maximum absolute atomic E-state index is 13.7. The van der Waals surface area contributed by atoms with Gasteiger partial charge in [0.2, 0.25) is 0 Å². The Hall–Kier alpha value is -2.43. The lowest BCUT2D eigenvalue weighted by molar-refractivity contribution is 0.0987. The van der Waals surface area contributed by atoms with Gasteiger partial charge in [0.05, 0.1) is 5.69 Å². The predicted molar refractivity (Wildman–Crippen MR) is 77.5 cm³/mol. The van der Waals surface area contributed by atoms with Crippen molar-refractivity contribution in [2.24, 2.45) is 0 Å². The Morgan fingerprint density at radius 2 is 2.00 bits per heavy atom. The van der Waals surface area contributed by atoms with E-state index in [-0.39, 0.29) is 17.3 Å². The van der Waals surface area contributed by atoms with E-state index in [9.17, 15) is 9.18 Å². The Bertz CT molecular complexity index is 616. The van der Waals surface area contributed by atoms with E-state index in [4.69, 9.17) is 0 Å². The van der Waals surface area contributed by atoms with Crippen molar-refractivity contribution >= 4 is 17.4 Å². The molecule has 2 rings (SSSR count). The highest BCUT2D eigenvalue weighted by molar-refractivity contribution is 6.04. The molecule has 1 N–H and O–H groups in total. The SMILES string of the molecule is CCNc1cccc(C(=O)N(C)c2ccccc2F)n1. The molecule has 0 bridgehead atoms. The molecule has 1 heterocycles. The van der Waals surface area contributed by atoms with Gasteiger partial charge < -0.3 is 10.2 Å². The first-order valence-electron chi connectivity index (χ1n) is 6.37. The molecule has 1 aromatic carbocycles. The average Bonchev–Trinajstić information content (AvgIpc) is 2.47. The van der Waals surface area contributed by atoms with E-state index in [1.54, 1.807) is 36.4 Å². The highest BCUT2D eigenvalue weighted by Crippen LogP contribution is 2.19. The molecule has 0 aliphatic heterocycles. The number of pyridine rings is 1. The molecule has 0 unspecified atom stereocenters. The molecule has 1 amide bonds. The van der Waals surface area contributed by atoms with Crippen LogP contribution >= 0.6 is 0 Å². The number of rotatable bonds is 4. The van der Waals surface area contributed by atoms with Gasteiger partial charge in [-0.1, -0.05) is 18.2 Å². The van der Waals surface area contributed by atoms with Crippen LogP contribution in [0.2, 0.25) is 0 Å². The number of amides is 1. The zero-order valence-corrected chi connectivity index (χ0v) is 11.4. The molecule has 4 nitrogen and oxygen atoms in total. The molecule has 0 atom stereocenters. The summed E-state index contributed by atoms with van der Waals surface area (Å²) in [4.78, 5) is 17.8. The van der Waals surface area contributed by atoms with Gasteiger partial charge in [0.1, 0.15) is 17.3 Å². The monoisotopic (exact) mass is 273 g/mol. The second-order valence-electron chi connectivity index (χ2n) is 4.25. The first-order chi connectivity index (χ1) is 9.63. The Balaban J connectivity index is 2.27. The third-order valence-corrected chi connectivity index (χ3v) is 2.84. The number of carbonyl (C=O) groups excluding carboxylic acids is 1. The van der Waals surface area contributed by atoms with Crippen LogP contribution in [0.5, 0.6) is 0 Å². The first-order valence-corrected chi connectivity index (χ1v) is 6.37. The molecule has 1 aromatic heterocycles. The Kier molecular flexibility index (Phi) is 4.30. The molecule has 5 heteroatoms. The molecule has 2 aromatic rings. The number of benzene rings is 1. The van der Waals surface area contributed by atoms with E-state index in [2.05, 4.69) is 10.3 Å². The summed E-state index contributed by atoms with van der Waals surface area (Å²) in [7, 11) is 1.53. The Morgan fingerprint density at radius 3 is 2.70 bits per heavy atom. The number of hydrogen-bond acceptors (Lipinski definition) is 3. The lowest BCUT2D eigenvalue weighted by Crippen LogP contribution is -2.28. The lowest BCUT2D eigenvalue weighted by atomic mass is 10.2. The van der Waals surface area contributed by atoms with Gasteiger partial charge >= 0.3 is 0 Å². The topological polar surface area (TPSA) is 45.2 Å². The zero-order chi connectivity index (χ0) is 14.5. The van der Waals surface area contributed by atoms with E-state index < -0.39 is 5.82 Å². The number of aromatic nitrogens is 1. The Labute approximate surface area is 117 Å². The summed E-state index contributed by atoms with van der Waals surface area (Å²) in [6.07, 6.45) is 0. The van der Waals surface area contributed by atoms with Gasteiger partial charge in [0.25, 0.3) is 5.91 Å². The molecular formula is C15H16FN3O. The lowest BCUT2D eigenvalue weighted by Gasteiger charge is -2.17. The average molecular weight is 273 g/mol. The van der Waals surface area contributed by atoms with Crippen LogP contribution in [0.3, 0.4) is 0 Å². The summed E-state index contributed by atoms with van der Waals surface area (Å²) in [6, 6.07) is 11.3. The molecule has 0 radical (unpaired) electrons. The molecule has 0 saturated heterocycles. The van der Waals surface area contributed by atoms with Gasteiger partial charge in [-0.2, -0.15) is 0 Å². The molecule has 0 saturated carbocycles. The van der Waals surface area contributed by atoms with Crippen LogP contribution in [0, 0.1) is 5.82 Å². The molecule has 0 fully saturated rings. The fourth-order valence-corrected chi connectivity index (χ4v) is 1.84. The van der Waals surface area contributed by atoms with Crippen molar-refractivity contribution in [2.45, 2.75) is 6.92 Å². The van der Waals surface area contributed by atoms with E-state index >= 15 is 0 Å². The fourth-order valence-electron chi connectivity index (χ4n) is 1.84. The van der Waals surface area contributed by atoms with Crippen LogP contribution in [-0.4, -0.2) is 24.5 Å². The molecule has 104 valence electrons. The smallest absolute Gasteiger partial charge is 0.276 e. The standard InChI is InChI=1S/C15H16FN3O/c1-3-17-14-10-6-8-12(18-14)15(20)19(2)13-9-5-4-7-11(13)16/h4-10H,3H2,1-2H3,(H,17,18). The normalized spacial score (nSPS) is 10.2. The van der Waals surface area contributed by atoms with Gasteiger partial charge in [0, 0.05) is 13.6 Å². The van der Waals surface area contributed by atoms with Gasteiger partial charge in [-0.25, -0.2) is 9.37 Å². The van der Waals surface area contributed by atoms with Crippen LogP contribution in [-0.2, 0) is 0 Å². The maximum Gasteiger partial charge on any atom is 0.276 e. The van der Waals surface area contributed by atoms with Gasteiger partial charge in [-0.15, -0.1) is 0 Å². The summed E-state index contributed by atoms with van der Waals surface area (Å²) in [5.41, 5.74) is 0.502. The van der Waals surface area contributed by atoms with Gasteiger partial charge in [0.15, 0.2) is 0 Å². The maximum atomic E-state index is 13.7. The number of halogens is 1. The summed E-state index contributed by atoms with van der Waals surface area (Å²) >= 11 is 0. The number of carbonyl (C=O) groups is 1. The quantitative estimate of drug-likeness (QED) is 0.931. The summed E-state index contributed by atoms with van der Waals surface area (Å²) in [5.74, 6) is -0.165. The number of nitrogens with zero attached hydrogens (tertiary/aromatic N) is 2. The van der Waals surface area contributed by atoms with Crippen LogP contribution in [0.4, 0.5) is 15.9 Å². The van der Waals surface area contributed by atoms with Crippen LogP contribution in [0.15, 0.2) is 42.5 Å². The van der Waals surface area contributed by atoms with Crippen LogP contribution < -0.4 is 10.2 Å². The highest BCUT2D eigenvalue weighted by Gasteiger charge is 2.17. The number of para-hydroxylation sites is 1. The van der Waals surface area contributed by atoms with Crippen molar-refractivity contribution in [3.8, 4) is 0 Å². The number of nitrogens with one attached hydrogen (secondary N) is 1.